The number of nitrogens with zero attached hydrogens (tertiary/aromatic N) is 2. The Labute approximate surface area is 134 Å². The fourth-order valence-electron chi connectivity index (χ4n) is 3.31. The SMILES string of the molecule is Cc1ccc2nc(C3=C(O)CN(C[C@H]4CCCO4)C3=N)[nH]c2c1. The van der Waals surface area contributed by atoms with Crippen LogP contribution in [0.2, 0.25) is 0 Å². The van der Waals surface area contributed by atoms with E-state index in [0.717, 1.165) is 36.0 Å². The summed E-state index contributed by atoms with van der Waals surface area (Å²) in [4.78, 5) is 9.62. The molecule has 0 spiro atoms. The Hall–Kier alpha value is -2.34. The molecule has 3 heterocycles. The van der Waals surface area contributed by atoms with Gasteiger partial charge in [0, 0.05) is 13.2 Å². The summed E-state index contributed by atoms with van der Waals surface area (Å²) in [5, 5.41) is 18.7. The lowest BCUT2D eigenvalue weighted by atomic mass is 10.2. The Bertz CT molecular complexity index is 802. The quantitative estimate of drug-likeness (QED) is 0.813. The van der Waals surface area contributed by atoms with Gasteiger partial charge in [0.25, 0.3) is 0 Å². The number of H-pyrrole nitrogens is 1. The molecule has 2 aliphatic heterocycles. The van der Waals surface area contributed by atoms with Crippen molar-refractivity contribution < 1.29 is 9.84 Å². The van der Waals surface area contributed by atoms with Gasteiger partial charge in [-0.05, 0) is 37.5 Å². The molecule has 1 aromatic carbocycles. The minimum atomic E-state index is 0.154. The van der Waals surface area contributed by atoms with Crippen LogP contribution in [0.3, 0.4) is 0 Å². The molecule has 0 unspecified atom stereocenters. The van der Waals surface area contributed by atoms with Gasteiger partial charge in [-0.3, -0.25) is 5.41 Å². The normalized spacial score (nSPS) is 21.9. The number of hydrogen-bond donors (Lipinski definition) is 3. The average Bonchev–Trinajstić information content (AvgIpc) is 3.20. The first-order valence-electron chi connectivity index (χ1n) is 7.96. The van der Waals surface area contributed by atoms with E-state index in [1.807, 2.05) is 30.0 Å². The van der Waals surface area contributed by atoms with Crippen molar-refractivity contribution in [3.63, 3.8) is 0 Å². The molecular weight excluding hydrogens is 292 g/mol. The highest BCUT2D eigenvalue weighted by atomic mass is 16.5. The number of aliphatic hydroxyl groups excluding tert-OH is 1. The molecule has 23 heavy (non-hydrogen) atoms. The number of ether oxygens (including phenoxy) is 1. The van der Waals surface area contributed by atoms with E-state index in [9.17, 15) is 5.11 Å². The molecule has 2 aliphatic rings. The zero-order valence-electron chi connectivity index (χ0n) is 13.1. The molecular formula is C17H20N4O2. The van der Waals surface area contributed by atoms with Gasteiger partial charge >= 0.3 is 0 Å². The van der Waals surface area contributed by atoms with Crippen molar-refractivity contribution in [1.29, 1.82) is 5.41 Å². The van der Waals surface area contributed by atoms with Gasteiger partial charge in [-0.2, -0.15) is 0 Å². The van der Waals surface area contributed by atoms with Crippen molar-refractivity contribution in [1.82, 2.24) is 14.9 Å². The predicted octanol–water partition coefficient (Wildman–Crippen LogP) is 2.61. The summed E-state index contributed by atoms with van der Waals surface area (Å²) in [6, 6.07) is 5.97. The van der Waals surface area contributed by atoms with Crippen LogP contribution < -0.4 is 0 Å². The van der Waals surface area contributed by atoms with Crippen LogP contribution in [0, 0.1) is 12.3 Å². The van der Waals surface area contributed by atoms with Gasteiger partial charge in [0.2, 0.25) is 0 Å². The lowest BCUT2D eigenvalue weighted by Gasteiger charge is -2.21. The summed E-state index contributed by atoms with van der Waals surface area (Å²) in [5.41, 5.74) is 3.41. The molecule has 1 aromatic heterocycles. The van der Waals surface area contributed by atoms with Gasteiger partial charge < -0.3 is 19.7 Å². The number of aryl methyl sites for hydroxylation is 1. The van der Waals surface area contributed by atoms with E-state index >= 15 is 0 Å². The van der Waals surface area contributed by atoms with E-state index in [2.05, 4.69) is 9.97 Å². The van der Waals surface area contributed by atoms with Crippen LogP contribution in [0.4, 0.5) is 0 Å². The highest BCUT2D eigenvalue weighted by Crippen LogP contribution is 2.28. The van der Waals surface area contributed by atoms with Crippen molar-refractivity contribution in [2.45, 2.75) is 25.9 Å². The molecule has 4 rings (SSSR count). The number of benzene rings is 1. The van der Waals surface area contributed by atoms with Crippen molar-refractivity contribution in [3.05, 3.63) is 35.3 Å². The standard InChI is InChI=1S/C17H20N4O2/c1-10-4-5-12-13(7-10)20-17(19-12)15-14(22)9-21(16(15)18)8-11-3-2-6-23-11/h4-5,7,11,18,22H,2-3,6,8-9H2,1H3,(H,19,20)/t11-/m1/s1. The third-order valence-electron chi connectivity index (χ3n) is 4.50. The highest BCUT2D eigenvalue weighted by molar-refractivity contribution is 6.23. The zero-order valence-corrected chi connectivity index (χ0v) is 13.1. The Morgan fingerprint density at radius 1 is 1.48 bits per heavy atom. The molecule has 1 atom stereocenters. The molecule has 6 heteroatoms. The number of aliphatic hydroxyl groups is 1. The van der Waals surface area contributed by atoms with E-state index in [4.69, 9.17) is 10.1 Å². The number of imidazole rings is 1. The summed E-state index contributed by atoms with van der Waals surface area (Å²) < 4.78 is 5.64. The molecule has 120 valence electrons. The third kappa shape index (κ3) is 2.49. The Kier molecular flexibility index (Phi) is 3.34. The molecule has 1 fully saturated rings. The fourth-order valence-corrected chi connectivity index (χ4v) is 3.31. The van der Waals surface area contributed by atoms with Crippen LogP contribution in [-0.4, -0.2) is 51.6 Å². The smallest absolute Gasteiger partial charge is 0.145 e. The van der Waals surface area contributed by atoms with Gasteiger partial charge in [0.05, 0.1) is 29.3 Å². The Morgan fingerprint density at radius 2 is 2.35 bits per heavy atom. The Morgan fingerprint density at radius 3 is 3.13 bits per heavy atom. The average molecular weight is 312 g/mol. The number of hydrogen-bond acceptors (Lipinski definition) is 4. The van der Waals surface area contributed by atoms with E-state index in [1.54, 1.807) is 0 Å². The number of amidine groups is 1. The van der Waals surface area contributed by atoms with Crippen LogP contribution in [0.15, 0.2) is 24.0 Å². The summed E-state index contributed by atoms with van der Waals surface area (Å²) in [5.74, 6) is 1.07. The van der Waals surface area contributed by atoms with Crippen molar-refractivity contribution in [3.8, 4) is 0 Å². The van der Waals surface area contributed by atoms with Gasteiger partial charge in [-0.25, -0.2) is 4.98 Å². The van der Waals surface area contributed by atoms with Gasteiger partial charge in [-0.15, -0.1) is 0 Å². The number of fused-ring (bicyclic) bond motifs is 1. The second-order valence-corrected chi connectivity index (χ2v) is 6.29. The number of rotatable bonds is 3. The van der Waals surface area contributed by atoms with Crippen LogP contribution in [-0.2, 0) is 4.74 Å². The van der Waals surface area contributed by atoms with Crippen molar-refractivity contribution in [2.75, 3.05) is 19.7 Å². The molecule has 2 aromatic rings. The molecule has 0 aliphatic carbocycles. The van der Waals surface area contributed by atoms with Gasteiger partial charge in [0.15, 0.2) is 0 Å². The molecule has 3 N–H and O–H groups in total. The maximum atomic E-state index is 10.3. The molecule has 0 saturated carbocycles. The van der Waals surface area contributed by atoms with Crippen LogP contribution >= 0.6 is 0 Å². The van der Waals surface area contributed by atoms with Crippen LogP contribution in [0.25, 0.3) is 16.6 Å². The second-order valence-electron chi connectivity index (χ2n) is 6.29. The first kappa shape index (κ1) is 14.3. The third-order valence-corrected chi connectivity index (χ3v) is 4.50. The number of aromatic nitrogens is 2. The molecule has 0 radical (unpaired) electrons. The predicted molar refractivity (Wildman–Crippen MR) is 88.7 cm³/mol. The summed E-state index contributed by atoms with van der Waals surface area (Å²) >= 11 is 0. The number of aromatic amines is 1. The molecule has 0 amide bonds. The Balaban J connectivity index is 1.61. The number of nitrogens with one attached hydrogen (secondary N) is 2. The summed E-state index contributed by atoms with van der Waals surface area (Å²) in [7, 11) is 0. The monoisotopic (exact) mass is 312 g/mol. The van der Waals surface area contributed by atoms with Crippen LogP contribution in [0.5, 0.6) is 0 Å². The lowest BCUT2D eigenvalue weighted by molar-refractivity contribution is 0.0924. The molecule has 1 saturated heterocycles. The van der Waals surface area contributed by atoms with E-state index < -0.39 is 0 Å². The topological polar surface area (TPSA) is 85.2 Å². The van der Waals surface area contributed by atoms with E-state index in [0.29, 0.717) is 30.3 Å². The minimum absolute atomic E-state index is 0.154. The van der Waals surface area contributed by atoms with Crippen molar-refractivity contribution in [2.24, 2.45) is 0 Å². The van der Waals surface area contributed by atoms with Gasteiger partial charge in [0.1, 0.15) is 17.4 Å². The summed E-state index contributed by atoms with van der Waals surface area (Å²) in [6.07, 6.45) is 2.24. The van der Waals surface area contributed by atoms with Crippen molar-refractivity contribution >= 4 is 22.4 Å². The van der Waals surface area contributed by atoms with Gasteiger partial charge in [-0.1, -0.05) is 6.07 Å². The molecule has 0 bridgehead atoms. The summed E-state index contributed by atoms with van der Waals surface area (Å²) in [6.45, 7) is 3.81. The van der Waals surface area contributed by atoms with E-state index in [-0.39, 0.29) is 11.9 Å². The maximum Gasteiger partial charge on any atom is 0.145 e. The molecule has 6 nitrogen and oxygen atoms in total. The lowest BCUT2D eigenvalue weighted by Crippen LogP contribution is -2.34. The minimum Gasteiger partial charge on any atom is -0.510 e. The first-order chi connectivity index (χ1) is 11.1. The maximum absolute atomic E-state index is 10.3. The second kappa shape index (κ2) is 5.38. The van der Waals surface area contributed by atoms with Crippen LogP contribution in [0.1, 0.15) is 24.2 Å². The first-order valence-corrected chi connectivity index (χ1v) is 7.96. The largest absolute Gasteiger partial charge is 0.510 e. The van der Waals surface area contributed by atoms with E-state index in [1.165, 1.54) is 0 Å². The zero-order chi connectivity index (χ0) is 16.0. The fraction of sp³-hybridized carbons (Fsp3) is 0.412. The highest BCUT2D eigenvalue weighted by Gasteiger charge is 2.32.